The van der Waals surface area contributed by atoms with Crippen molar-refractivity contribution in [2.75, 3.05) is 6.54 Å². The molecule has 1 rings (SSSR count). The number of carbonyl (C=O) groups excluding carboxylic acids is 1. The minimum absolute atomic E-state index is 0.0459. The molecule has 0 aliphatic heterocycles. The second-order valence-corrected chi connectivity index (χ2v) is 5.30. The van der Waals surface area contributed by atoms with Gasteiger partial charge in [0.15, 0.2) is 0 Å². The van der Waals surface area contributed by atoms with Gasteiger partial charge < -0.3 is 15.7 Å². The fraction of sp³-hybridized carbons (Fsp3) is 0.818. The number of carboxylic acids is 1. The lowest BCUT2D eigenvalue weighted by Gasteiger charge is -2.12. The molecule has 0 radical (unpaired) electrons. The highest BCUT2D eigenvalue weighted by atomic mass is 16.4. The van der Waals surface area contributed by atoms with E-state index in [0.29, 0.717) is 6.54 Å². The highest BCUT2D eigenvalue weighted by Crippen LogP contribution is 2.44. The molecule has 2 amide bonds. The van der Waals surface area contributed by atoms with Crippen molar-refractivity contribution in [3.05, 3.63) is 0 Å². The third kappa shape index (κ3) is 4.08. The van der Waals surface area contributed by atoms with E-state index in [9.17, 15) is 9.59 Å². The molecule has 0 aromatic carbocycles. The predicted molar refractivity (Wildman–Crippen MR) is 60.1 cm³/mol. The average molecular weight is 228 g/mol. The van der Waals surface area contributed by atoms with Gasteiger partial charge in [-0.2, -0.15) is 0 Å². The molecule has 1 aliphatic carbocycles. The van der Waals surface area contributed by atoms with Gasteiger partial charge in [-0.15, -0.1) is 0 Å². The molecule has 1 aliphatic rings. The van der Waals surface area contributed by atoms with E-state index in [1.54, 1.807) is 6.92 Å². The minimum Gasteiger partial charge on any atom is -0.481 e. The number of urea groups is 1. The summed E-state index contributed by atoms with van der Waals surface area (Å²) in [6, 6.07) is 0.0510. The zero-order valence-corrected chi connectivity index (χ0v) is 10.0. The molecule has 92 valence electrons. The smallest absolute Gasteiger partial charge is 0.315 e. The topological polar surface area (TPSA) is 78.4 Å². The maximum atomic E-state index is 11.4. The fourth-order valence-electron chi connectivity index (χ4n) is 1.56. The van der Waals surface area contributed by atoms with E-state index in [1.807, 2.05) is 0 Å². The van der Waals surface area contributed by atoms with Crippen molar-refractivity contribution in [1.82, 2.24) is 10.6 Å². The second kappa shape index (κ2) is 4.72. The molecule has 2 atom stereocenters. The lowest BCUT2D eigenvalue weighted by atomic mass is 10.1. The zero-order chi connectivity index (χ0) is 12.3. The zero-order valence-electron chi connectivity index (χ0n) is 10.0. The number of carbonyl (C=O) groups is 2. The van der Waals surface area contributed by atoms with Gasteiger partial charge in [-0.1, -0.05) is 20.8 Å². The molecule has 0 saturated heterocycles. The number of nitrogens with one attached hydrogen (secondary N) is 2. The first kappa shape index (κ1) is 12.8. The van der Waals surface area contributed by atoms with Crippen LogP contribution >= 0.6 is 0 Å². The minimum atomic E-state index is -0.835. The summed E-state index contributed by atoms with van der Waals surface area (Å²) in [5.41, 5.74) is 0.212. The summed E-state index contributed by atoms with van der Waals surface area (Å²) in [5, 5.41) is 14.1. The summed E-state index contributed by atoms with van der Waals surface area (Å²) in [6.07, 6.45) is 1.08. The van der Waals surface area contributed by atoms with Gasteiger partial charge in [0.1, 0.15) is 0 Å². The Morgan fingerprint density at radius 3 is 2.50 bits per heavy atom. The first-order chi connectivity index (χ1) is 7.31. The van der Waals surface area contributed by atoms with E-state index in [1.165, 1.54) is 0 Å². The number of aliphatic carboxylic acids is 1. The summed E-state index contributed by atoms with van der Waals surface area (Å²) in [5.74, 6) is -0.881. The Hall–Kier alpha value is -1.26. The first-order valence-electron chi connectivity index (χ1n) is 5.57. The molecule has 5 heteroatoms. The lowest BCUT2D eigenvalue weighted by Crippen LogP contribution is -2.40. The molecular formula is C11H20N2O3. The van der Waals surface area contributed by atoms with Crippen LogP contribution in [0.5, 0.6) is 0 Å². The number of hydrogen-bond donors (Lipinski definition) is 3. The van der Waals surface area contributed by atoms with Gasteiger partial charge >= 0.3 is 12.0 Å². The summed E-state index contributed by atoms with van der Waals surface area (Å²) < 4.78 is 0. The van der Waals surface area contributed by atoms with E-state index in [2.05, 4.69) is 24.5 Å². The average Bonchev–Trinajstić information content (AvgIpc) is 2.69. The second-order valence-electron chi connectivity index (χ2n) is 5.30. The molecule has 5 nitrogen and oxygen atoms in total. The molecule has 0 aromatic rings. The normalized spacial score (nSPS) is 23.3. The third-order valence-corrected chi connectivity index (χ3v) is 2.95. The molecule has 0 bridgehead atoms. The Balaban J connectivity index is 2.13. The maximum absolute atomic E-state index is 11.4. The van der Waals surface area contributed by atoms with Crippen LogP contribution in [-0.4, -0.2) is 29.7 Å². The summed E-state index contributed by atoms with van der Waals surface area (Å²) >= 11 is 0. The highest BCUT2D eigenvalue weighted by molar-refractivity contribution is 5.75. The van der Waals surface area contributed by atoms with Crippen LogP contribution in [0.4, 0.5) is 4.79 Å². The van der Waals surface area contributed by atoms with Crippen LogP contribution in [0.25, 0.3) is 0 Å². The summed E-state index contributed by atoms with van der Waals surface area (Å²) in [4.78, 5) is 21.8. The van der Waals surface area contributed by atoms with Crippen LogP contribution in [0.15, 0.2) is 0 Å². The summed E-state index contributed by atoms with van der Waals surface area (Å²) in [7, 11) is 0. The Labute approximate surface area is 95.6 Å². The van der Waals surface area contributed by atoms with Crippen molar-refractivity contribution in [3.8, 4) is 0 Å². The van der Waals surface area contributed by atoms with Crippen LogP contribution in [-0.2, 0) is 4.79 Å². The van der Waals surface area contributed by atoms with Gasteiger partial charge in [-0.05, 0) is 17.8 Å². The Morgan fingerprint density at radius 2 is 2.06 bits per heavy atom. The van der Waals surface area contributed by atoms with Crippen LogP contribution in [0, 0.1) is 11.3 Å². The predicted octanol–water partition coefficient (Wildman–Crippen LogP) is 1.19. The van der Waals surface area contributed by atoms with Gasteiger partial charge in [0.05, 0.1) is 0 Å². The van der Waals surface area contributed by atoms with E-state index in [-0.39, 0.29) is 29.8 Å². The molecule has 1 fully saturated rings. The molecule has 1 saturated carbocycles. The van der Waals surface area contributed by atoms with Gasteiger partial charge in [-0.3, -0.25) is 4.79 Å². The molecule has 16 heavy (non-hydrogen) atoms. The van der Waals surface area contributed by atoms with Gasteiger partial charge in [0.25, 0.3) is 0 Å². The number of carboxylic acid groups (broad SMARTS) is 1. The van der Waals surface area contributed by atoms with Crippen LogP contribution in [0.3, 0.4) is 0 Å². The molecule has 0 heterocycles. The molecular weight excluding hydrogens is 208 g/mol. The SMILES string of the molecule is CC(CNC(=O)NC1CC1(C)C)CC(=O)O. The molecule has 3 N–H and O–H groups in total. The molecule has 2 unspecified atom stereocenters. The van der Waals surface area contributed by atoms with Gasteiger partial charge in [0.2, 0.25) is 0 Å². The van der Waals surface area contributed by atoms with Crippen molar-refractivity contribution < 1.29 is 14.7 Å². The van der Waals surface area contributed by atoms with Gasteiger partial charge in [-0.25, -0.2) is 4.79 Å². The standard InChI is InChI=1S/C11H20N2O3/c1-7(4-9(14)15)6-12-10(16)13-8-5-11(8,2)3/h7-8H,4-6H2,1-3H3,(H,14,15)(H2,12,13,16). The largest absolute Gasteiger partial charge is 0.481 e. The van der Waals surface area contributed by atoms with Crippen LogP contribution < -0.4 is 10.6 Å². The monoisotopic (exact) mass is 228 g/mol. The quantitative estimate of drug-likeness (QED) is 0.661. The lowest BCUT2D eigenvalue weighted by molar-refractivity contribution is -0.137. The van der Waals surface area contributed by atoms with E-state index in [4.69, 9.17) is 5.11 Å². The number of rotatable bonds is 5. The molecule has 0 spiro atoms. The molecule has 0 aromatic heterocycles. The number of hydrogen-bond acceptors (Lipinski definition) is 2. The van der Waals surface area contributed by atoms with Crippen molar-refractivity contribution in [3.63, 3.8) is 0 Å². The Bertz CT molecular complexity index is 289. The van der Waals surface area contributed by atoms with Crippen molar-refractivity contribution in [2.45, 2.75) is 39.7 Å². The van der Waals surface area contributed by atoms with E-state index in [0.717, 1.165) is 6.42 Å². The van der Waals surface area contributed by atoms with E-state index >= 15 is 0 Å². The van der Waals surface area contributed by atoms with Crippen molar-refractivity contribution in [2.24, 2.45) is 11.3 Å². The fourth-order valence-corrected chi connectivity index (χ4v) is 1.56. The summed E-state index contributed by atoms with van der Waals surface area (Å²) in [6.45, 7) is 6.40. The third-order valence-electron chi connectivity index (χ3n) is 2.95. The van der Waals surface area contributed by atoms with Crippen LogP contribution in [0.2, 0.25) is 0 Å². The highest BCUT2D eigenvalue weighted by Gasteiger charge is 2.46. The van der Waals surface area contributed by atoms with Crippen LogP contribution in [0.1, 0.15) is 33.6 Å². The Morgan fingerprint density at radius 1 is 1.50 bits per heavy atom. The Kier molecular flexibility index (Phi) is 3.78. The van der Waals surface area contributed by atoms with Gasteiger partial charge in [0, 0.05) is 19.0 Å². The maximum Gasteiger partial charge on any atom is 0.315 e. The number of amides is 2. The first-order valence-corrected chi connectivity index (χ1v) is 5.57. The van der Waals surface area contributed by atoms with E-state index < -0.39 is 5.97 Å². The van der Waals surface area contributed by atoms with Crippen molar-refractivity contribution in [1.29, 1.82) is 0 Å². The van der Waals surface area contributed by atoms with Crippen molar-refractivity contribution >= 4 is 12.0 Å².